The fourth-order valence-corrected chi connectivity index (χ4v) is 2.49. The van der Waals surface area contributed by atoms with Gasteiger partial charge in [-0.15, -0.1) is 0 Å². The van der Waals surface area contributed by atoms with Crippen molar-refractivity contribution in [1.82, 2.24) is 5.43 Å². The maximum Gasteiger partial charge on any atom is 0.416 e. The third kappa shape index (κ3) is 2.89. The lowest BCUT2D eigenvalue weighted by atomic mass is 9.98. The monoisotopic (exact) mass is 287 g/mol. The summed E-state index contributed by atoms with van der Waals surface area (Å²) >= 11 is 1.43. The van der Waals surface area contributed by atoms with Crippen molar-refractivity contribution in [2.24, 2.45) is 5.84 Å². The molecule has 102 valence electrons. The van der Waals surface area contributed by atoms with Gasteiger partial charge in [0.1, 0.15) is 0 Å². The Morgan fingerprint density at radius 1 is 1.21 bits per heavy atom. The summed E-state index contributed by atoms with van der Waals surface area (Å²) in [5.41, 5.74) is 8.87. The fraction of sp³-hybridized carbons (Fsp3) is 0.167. The summed E-state index contributed by atoms with van der Waals surface area (Å²) in [6.07, 6.45) is -4.41. The number of hydrogen-bond acceptors (Lipinski definition) is 4. The van der Waals surface area contributed by atoms with Gasteiger partial charge in [0.05, 0.1) is 11.6 Å². The zero-order valence-electron chi connectivity index (χ0n) is 9.74. The van der Waals surface area contributed by atoms with E-state index in [0.717, 1.165) is 17.7 Å². The number of halogens is 3. The second kappa shape index (κ2) is 5.20. The van der Waals surface area contributed by atoms with Gasteiger partial charge in [-0.1, -0.05) is 0 Å². The molecular weight excluding hydrogens is 275 g/mol. The van der Waals surface area contributed by atoms with E-state index >= 15 is 0 Å². The minimum atomic E-state index is -4.41. The van der Waals surface area contributed by atoms with E-state index in [2.05, 4.69) is 5.43 Å². The highest BCUT2D eigenvalue weighted by atomic mass is 32.1. The van der Waals surface area contributed by atoms with Gasteiger partial charge < -0.3 is 5.73 Å². The first kappa shape index (κ1) is 13.9. The SMILES string of the molecule is NNC(c1ccsc1)c1cc(C(F)(F)F)ccc1N. The molecule has 1 heterocycles. The van der Waals surface area contributed by atoms with Gasteiger partial charge in [-0.25, -0.2) is 5.43 Å². The first-order valence-corrected chi connectivity index (χ1v) is 6.32. The van der Waals surface area contributed by atoms with Crippen LogP contribution in [0.3, 0.4) is 0 Å². The van der Waals surface area contributed by atoms with Crippen molar-refractivity contribution >= 4 is 17.0 Å². The quantitative estimate of drug-likeness (QED) is 0.462. The third-order valence-electron chi connectivity index (χ3n) is 2.77. The topological polar surface area (TPSA) is 64.1 Å². The van der Waals surface area contributed by atoms with Gasteiger partial charge in [0.25, 0.3) is 0 Å². The van der Waals surface area contributed by atoms with Crippen molar-refractivity contribution in [2.45, 2.75) is 12.2 Å². The molecule has 0 bridgehead atoms. The summed E-state index contributed by atoms with van der Waals surface area (Å²) < 4.78 is 38.2. The van der Waals surface area contributed by atoms with E-state index in [4.69, 9.17) is 11.6 Å². The Morgan fingerprint density at radius 2 is 1.95 bits per heavy atom. The zero-order chi connectivity index (χ0) is 14.0. The molecule has 1 unspecified atom stereocenters. The van der Waals surface area contributed by atoms with E-state index in [0.29, 0.717) is 5.56 Å². The van der Waals surface area contributed by atoms with Crippen molar-refractivity contribution < 1.29 is 13.2 Å². The number of hydrazine groups is 1. The van der Waals surface area contributed by atoms with Crippen LogP contribution in [0.15, 0.2) is 35.0 Å². The van der Waals surface area contributed by atoms with Crippen molar-refractivity contribution in [3.05, 3.63) is 51.7 Å². The van der Waals surface area contributed by atoms with Crippen LogP contribution >= 0.6 is 11.3 Å². The van der Waals surface area contributed by atoms with E-state index in [1.165, 1.54) is 17.4 Å². The van der Waals surface area contributed by atoms with Gasteiger partial charge in [-0.05, 0) is 46.2 Å². The Balaban J connectivity index is 2.48. The molecule has 0 spiro atoms. The standard InChI is InChI=1S/C12H12F3N3S/c13-12(14,15)8-1-2-10(16)9(5-8)11(18-17)7-3-4-19-6-7/h1-6,11,18H,16-17H2. The summed E-state index contributed by atoms with van der Waals surface area (Å²) in [4.78, 5) is 0. The molecule has 0 amide bonds. The predicted octanol–water partition coefficient (Wildman–Crippen LogP) is 2.90. The average molecular weight is 287 g/mol. The Labute approximate surface area is 112 Å². The molecule has 2 aromatic rings. The van der Waals surface area contributed by atoms with Crippen molar-refractivity contribution in [3.63, 3.8) is 0 Å². The Hall–Kier alpha value is -1.57. The molecule has 0 aliphatic rings. The molecule has 0 saturated heterocycles. The molecule has 19 heavy (non-hydrogen) atoms. The van der Waals surface area contributed by atoms with Crippen molar-refractivity contribution in [3.8, 4) is 0 Å². The largest absolute Gasteiger partial charge is 0.416 e. The highest BCUT2D eigenvalue weighted by Gasteiger charge is 2.31. The molecule has 7 heteroatoms. The molecule has 0 fully saturated rings. The number of anilines is 1. The first-order valence-electron chi connectivity index (χ1n) is 5.38. The molecule has 1 aromatic carbocycles. The molecule has 3 nitrogen and oxygen atoms in total. The van der Waals surface area contributed by atoms with Gasteiger partial charge in [0.15, 0.2) is 0 Å². The highest BCUT2D eigenvalue weighted by molar-refractivity contribution is 7.08. The summed E-state index contributed by atoms with van der Waals surface area (Å²) in [5, 5.41) is 3.63. The minimum Gasteiger partial charge on any atom is -0.398 e. The molecule has 0 aliphatic carbocycles. The highest BCUT2D eigenvalue weighted by Crippen LogP contribution is 2.34. The molecule has 0 saturated carbocycles. The Morgan fingerprint density at radius 3 is 2.47 bits per heavy atom. The first-order chi connectivity index (χ1) is 8.93. The van der Waals surface area contributed by atoms with Gasteiger partial charge in [-0.2, -0.15) is 24.5 Å². The molecule has 1 atom stereocenters. The van der Waals surface area contributed by atoms with Crippen molar-refractivity contribution in [2.75, 3.05) is 5.73 Å². The summed E-state index contributed by atoms with van der Waals surface area (Å²) in [6, 6.07) is 4.45. The average Bonchev–Trinajstić information content (AvgIpc) is 2.84. The van der Waals surface area contributed by atoms with Gasteiger partial charge in [0.2, 0.25) is 0 Å². The molecular formula is C12H12F3N3S. The summed E-state index contributed by atoms with van der Waals surface area (Å²) in [6.45, 7) is 0. The maximum absolute atomic E-state index is 12.7. The number of benzene rings is 1. The smallest absolute Gasteiger partial charge is 0.398 e. The van der Waals surface area contributed by atoms with Crippen LogP contribution < -0.4 is 17.0 Å². The summed E-state index contributed by atoms with van der Waals surface area (Å²) in [5.74, 6) is 5.44. The van der Waals surface area contributed by atoms with Crippen LogP contribution in [0.2, 0.25) is 0 Å². The van der Waals surface area contributed by atoms with Crippen LogP contribution in [0.1, 0.15) is 22.7 Å². The van der Waals surface area contributed by atoms with Crippen LogP contribution in [0.5, 0.6) is 0 Å². The lowest BCUT2D eigenvalue weighted by Crippen LogP contribution is -2.29. The number of alkyl halides is 3. The molecule has 0 radical (unpaired) electrons. The third-order valence-corrected chi connectivity index (χ3v) is 3.47. The minimum absolute atomic E-state index is 0.266. The van der Waals surface area contributed by atoms with E-state index in [1.54, 1.807) is 6.07 Å². The molecule has 5 N–H and O–H groups in total. The van der Waals surface area contributed by atoms with Crippen LogP contribution in [0, 0.1) is 0 Å². The number of nitrogens with two attached hydrogens (primary N) is 2. The van der Waals surface area contributed by atoms with Crippen LogP contribution in [-0.4, -0.2) is 0 Å². The van der Waals surface area contributed by atoms with E-state index in [-0.39, 0.29) is 5.69 Å². The fourth-order valence-electron chi connectivity index (χ4n) is 1.81. The lowest BCUT2D eigenvalue weighted by Gasteiger charge is -2.19. The van der Waals surface area contributed by atoms with Crippen molar-refractivity contribution in [1.29, 1.82) is 0 Å². The van der Waals surface area contributed by atoms with E-state index < -0.39 is 17.8 Å². The number of thiophene rings is 1. The van der Waals surface area contributed by atoms with Gasteiger partial charge in [0, 0.05) is 5.69 Å². The van der Waals surface area contributed by atoms with E-state index in [1.807, 2.05) is 10.8 Å². The van der Waals surface area contributed by atoms with Gasteiger partial charge in [-0.3, -0.25) is 5.84 Å². The van der Waals surface area contributed by atoms with Crippen LogP contribution in [-0.2, 0) is 6.18 Å². The molecule has 1 aromatic heterocycles. The van der Waals surface area contributed by atoms with Crippen LogP contribution in [0.4, 0.5) is 18.9 Å². The molecule has 2 rings (SSSR count). The van der Waals surface area contributed by atoms with Crippen LogP contribution in [0.25, 0.3) is 0 Å². The normalized spacial score (nSPS) is 13.5. The lowest BCUT2D eigenvalue weighted by molar-refractivity contribution is -0.137. The number of rotatable bonds is 3. The number of nitrogens with one attached hydrogen (secondary N) is 1. The zero-order valence-corrected chi connectivity index (χ0v) is 10.6. The Kier molecular flexibility index (Phi) is 3.79. The predicted molar refractivity (Wildman–Crippen MR) is 69.3 cm³/mol. The second-order valence-corrected chi connectivity index (χ2v) is 4.78. The summed E-state index contributed by atoms with van der Waals surface area (Å²) in [7, 11) is 0. The van der Waals surface area contributed by atoms with E-state index in [9.17, 15) is 13.2 Å². The number of hydrogen-bond donors (Lipinski definition) is 3. The Bertz CT molecular complexity index is 552. The van der Waals surface area contributed by atoms with Gasteiger partial charge >= 0.3 is 6.18 Å². The maximum atomic E-state index is 12.7. The second-order valence-electron chi connectivity index (χ2n) is 4.00. The number of nitrogen functional groups attached to an aromatic ring is 1. The molecule has 0 aliphatic heterocycles.